The van der Waals surface area contributed by atoms with E-state index in [0.29, 0.717) is 11.1 Å². The van der Waals surface area contributed by atoms with E-state index in [4.69, 9.17) is 16.6 Å². The Hall–Kier alpha value is -3.41. The van der Waals surface area contributed by atoms with Gasteiger partial charge in [0.25, 0.3) is 0 Å². The van der Waals surface area contributed by atoms with Gasteiger partial charge < -0.3 is 25.6 Å². The zero-order chi connectivity index (χ0) is 27.7. The van der Waals surface area contributed by atoms with Gasteiger partial charge in [-0.05, 0) is 54.4 Å². The van der Waals surface area contributed by atoms with Gasteiger partial charge in [0.15, 0.2) is 0 Å². The van der Waals surface area contributed by atoms with Gasteiger partial charge >= 0.3 is 6.18 Å². The number of hydrazine groups is 1. The molecule has 11 heteroatoms. The summed E-state index contributed by atoms with van der Waals surface area (Å²) >= 11 is 0. The number of anilines is 1. The van der Waals surface area contributed by atoms with E-state index in [2.05, 4.69) is 16.8 Å². The molecule has 5 N–H and O–H groups in total. The molecule has 7 nitrogen and oxygen atoms in total. The summed E-state index contributed by atoms with van der Waals surface area (Å²) in [6.07, 6.45) is -4.68. The maximum Gasteiger partial charge on any atom is 0.422 e. The van der Waals surface area contributed by atoms with E-state index >= 15 is 0 Å². The summed E-state index contributed by atoms with van der Waals surface area (Å²) < 4.78 is 53.7. The lowest BCUT2D eigenvalue weighted by atomic mass is 9.96. The van der Waals surface area contributed by atoms with Crippen LogP contribution in [-0.4, -0.2) is 65.0 Å². The molecular weight excluding hydrogens is 500 g/mol. The van der Waals surface area contributed by atoms with Gasteiger partial charge in [0, 0.05) is 37.8 Å². The molecule has 3 aromatic rings. The predicted molar refractivity (Wildman–Crippen MR) is 140 cm³/mol. The highest BCUT2D eigenvalue weighted by atomic mass is 19.4. The second kappa shape index (κ2) is 10.8. The number of benzene rings is 2. The lowest BCUT2D eigenvalue weighted by Crippen LogP contribution is -2.49. The summed E-state index contributed by atoms with van der Waals surface area (Å²) in [5.74, 6) is 6.43. The van der Waals surface area contributed by atoms with Gasteiger partial charge in [-0.3, -0.25) is 0 Å². The molecule has 38 heavy (non-hydrogen) atoms. The third kappa shape index (κ3) is 5.69. The first-order chi connectivity index (χ1) is 17.9. The molecule has 2 aromatic carbocycles. The minimum absolute atomic E-state index is 0.0284. The number of piperazine rings is 1. The number of likely N-dealkylation sites (N-methyl/N-ethyl adjacent to an activating group) is 1. The zero-order valence-electron chi connectivity index (χ0n) is 21.3. The highest BCUT2D eigenvalue weighted by molar-refractivity contribution is 5.96. The van der Waals surface area contributed by atoms with Crippen LogP contribution in [0.1, 0.15) is 18.9 Å². The van der Waals surface area contributed by atoms with Crippen molar-refractivity contribution in [2.45, 2.75) is 31.7 Å². The second-order valence-corrected chi connectivity index (χ2v) is 9.65. The fourth-order valence-electron chi connectivity index (χ4n) is 4.53. The van der Waals surface area contributed by atoms with Crippen molar-refractivity contribution in [3.05, 3.63) is 71.8 Å². The molecule has 1 fully saturated rings. The van der Waals surface area contributed by atoms with E-state index in [1.165, 1.54) is 19.1 Å². The minimum atomic E-state index is -4.94. The van der Waals surface area contributed by atoms with Crippen molar-refractivity contribution in [1.29, 1.82) is 0 Å². The first-order valence-corrected chi connectivity index (χ1v) is 12.3. The molecule has 0 spiro atoms. The number of aliphatic hydroxyl groups is 1. The standard InChI is InChI=1S/C27H32F4N6O/c1-3-26(38,27(29,30)31)24(32)17-37(33)16-18-4-9-21-22(19-5-7-20(28)8-6-19)15-25(34-23(21)14-18)36-12-10-35(2)11-13-36/h4-9,14-15,17,38H,3,10-13,16,32-33H2,1-2H3/b24-17-. The quantitative estimate of drug-likeness (QED) is 0.241. The molecule has 0 aliphatic carbocycles. The third-order valence-electron chi connectivity index (χ3n) is 6.97. The maximum atomic E-state index is 13.6. The van der Waals surface area contributed by atoms with Crippen LogP contribution in [0.15, 0.2) is 60.4 Å². The largest absolute Gasteiger partial charge is 0.422 e. The number of hydrogen-bond donors (Lipinski definition) is 3. The van der Waals surface area contributed by atoms with E-state index in [1.807, 2.05) is 18.2 Å². The van der Waals surface area contributed by atoms with Crippen molar-refractivity contribution in [3.8, 4) is 11.1 Å². The second-order valence-electron chi connectivity index (χ2n) is 9.65. The van der Waals surface area contributed by atoms with Crippen LogP contribution in [0.3, 0.4) is 0 Å². The van der Waals surface area contributed by atoms with Crippen LogP contribution < -0.4 is 16.5 Å². The van der Waals surface area contributed by atoms with E-state index in [0.717, 1.165) is 59.7 Å². The number of rotatable bonds is 7. The van der Waals surface area contributed by atoms with Gasteiger partial charge in [-0.1, -0.05) is 31.2 Å². The number of hydrogen-bond acceptors (Lipinski definition) is 7. The number of nitrogens with two attached hydrogens (primary N) is 2. The van der Waals surface area contributed by atoms with Gasteiger partial charge in [0.2, 0.25) is 5.60 Å². The first-order valence-electron chi connectivity index (χ1n) is 12.3. The molecular formula is C27H32F4N6O. The number of nitrogens with zero attached hydrogens (tertiary/aromatic N) is 4. The summed E-state index contributed by atoms with van der Waals surface area (Å²) in [7, 11) is 2.07. The maximum absolute atomic E-state index is 13.6. The Balaban J connectivity index is 1.70. The smallest absolute Gasteiger partial charge is 0.398 e. The summed E-state index contributed by atoms with van der Waals surface area (Å²) in [5.41, 5.74) is 4.75. The number of halogens is 4. The monoisotopic (exact) mass is 532 g/mol. The average Bonchev–Trinajstić information content (AvgIpc) is 2.87. The number of fused-ring (bicyclic) bond motifs is 1. The Kier molecular flexibility index (Phi) is 7.82. The third-order valence-corrected chi connectivity index (χ3v) is 6.97. The normalized spacial score (nSPS) is 17.1. The molecule has 0 bridgehead atoms. The van der Waals surface area contributed by atoms with Crippen LogP contribution in [0.4, 0.5) is 23.4 Å². The fraction of sp³-hybridized carbons (Fsp3) is 0.370. The van der Waals surface area contributed by atoms with Crippen LogP contribution in [0, 0.1) is 5.82 Å². The molecule has 2 heterocycles. The lowest BCUT2D eigenvalue weighted by molar-refractivity contribution is -0.245. The number of pyridine rings is 1. The molecule has 1 aliphatic heterocycles. The number of alkyl halides is 3. The van der Waals surface area contributed by atoms with E-state index in [9.17, 15) is 22.7 Å². The van der Waals surface area contributed by atoms with Crippen LogP contribution in [0.5, 0.6) is 0 Å². The highest BCUT2D eigenvalue weighted by Gasteiger charge is 2.54. The van der Waals surface area contributed by atoms with Crippen LogP contribution in [-0.2, 0) is 6.54 Å². The topological polar surface area (TPSA) is 94.9 Å². The van der Waals surface area contributed by atoms with E-state index in [1.54, 1.807) is 18.2 Å². The van der Waals surface area contributed by atoms with Crippen molar-refractivity contribution < 1.29 is 22.7 Å². The van der Waals surface area contributed by atoms with Gasteiger partial charge in [-0.15, -0.1) is 0 Å². The molecule has 0 radical (unpaired) electrons. The molecule has 1 unspecified atom stereocenters. The summed E-state index contributed by atoms with van der Waals surface area (Å²) in [5, 5.41) is 11.9. The Morgan fingerprint density at radius 3 is 2.34 bits per heavy atom. The van der Waals surface area contributed by atoms with Crippen molar-refractivity contribution in [2.75, 3.05) is 38.1 Å². The number of aromatic nitrogens is 1. The highest BCUT2D eigenvalue weighted by Crippen LogP contribution is 2.37. The van der Waals surface area contributed by atoms with Gasteiger partial charge in [-0.25, -0.2) is 15.2 Å². The van der Waals surface area contributed by atoms with Crippen molar-refractivity contribution in [2.24, 2.45) is 11.6 Å². The van der Waals surface area contributed by atoms with Gasteiger partial charge in [-0.2, -0.15) is 13.2 Å². The van der Waals surface area contributed by atoms with Crippen molar-refractivity contribution in [1.82, 2.24) is 14.9 Å². The van der Waals surface area contributed by atoms with E-state index < -0.39 is 23.9 Å². The Bertz CT molecular complexity index is 1310. The van der Waals surface area contributed by atoms with Crippen molar-refractivity contribution in [3.63, 3.8) is 0 Å². The molecule has 1 aliphatic rings. The SMILES string of the molecule is CCC(O)(/C(N)=C/N(N)Cc1ccc2c(-c3ccc(F)cc3)cc(N3CCN(C)CC3)nc2c1)C(F)(F)F. The average molecular weight is 533 g/mol. The molecule has 1 aromatic heterocycles. The summed E-state index contributed by atoms with van der Waals surface area (Å²) in [6, 6.07) is 13.7. The van der Waals surface area contributed by atoms with Gasteiger partial charge in [0.05, 0.1) is 17.8 Å². The molecule has 4 rings (SSSR count). The Labute approximate surface area is 218 Å². The first kappa shape index (κ1) is 27.6. The van der Waals surface area contributed by atoms with Crippen LogP contribution in [0.2, 0.25) is 0 Å². The summed E-state index contributed by atoms with van der Waals surface area (Å²) in [6.45, 7) is 4.62. The van der Waals surface area contributed by atoms with Crippen molar-refractivity contribution >= 4 is 16.7 Å². The molecule has 204 valence electrons. The lowest BCUT2D eigenvalue weighted by Gasteiger charge is -2.33. The van der Waals surface area contributed by atoms with Gasteiger partial charge in [0.1, 0.15) is 11.6 Å². The van der Waals surface area contributed by atoms with Crippen LogP contribution >= 0.6 is 0 Å². The molecule has 1 saturated heterocycles. The minimum Gasteiger partial charge on any atom is -0.398 e. The fourth-order valence-corrected chi connectivity index (χ4v) is 4.53. The van der Waals surface area contributed by atoms with E-state index in [-0.39, 0.29) is 12.4 Å². The molecule has 0 saturated carbocycles. The Morgan fingerprint density at radius 1 is 1.08 bits per heavy atom. The van der Waals surface area contributed by atoms with Crippen LogP contribution in [0.25, 0.3) is 22.0 Å². The molecule has 1 atom stereocenters. The summed E-state index contributed by atoms with van der Waals surface area (Å²) in [4.78, 5) is 9.32. The molecule has 0 amide bonds. The Morgan fingerprint density at radius 2 is 1.74 bits per heavy atom. The predicted octanol–water partition coefficient (Wildman–Crippen LogP) is 3.97. The zero-order valence-corrected chi connectivity index (χ0v) is 21.3.